The molecule has 3 rings (SSSR count). The molecule has 2 N–H and O–H groups in total. The lowest BCUT2D eigenvalue weighted by atomic mass is 10.1. The molecular formula is C17H19N3O. The highest BCUT2D eigenvalue weighted by atomic mass is 16.5. The summed E-state index contributed by atoms with van der Waals surface area (Å²) in [7, 11) is 0. The van der Waals surface area contributed by atoms with Crippen LogP contribution in [0.2, 0.25) is 0 Å². The quantitative estimate of drug-likeness (QED) is 0.798. The molecule has 0 amide bonds. The van der Waals surface area contributed by atoms with Gasteiger partial charge in [-0.15, -0.1) is 0 Å². The van der Waals surface area contributed by atoms with Crippen LogP contribution in [0, 0.1) is 6.92 Å². The van der Waals surface area contributed by atoms with Gasteiger partial charge in [-0.2, -0.15) is 0 Å². The van der Waals surface area contributed by atoms with Crippen LogP contribution in [0.5, 0.6) is 5.75 Å². The fraction of sp³-hybridized carbons (Fsp3) is 0.235. The fourth-order valence-corrected chi connectivity index (χ4v) is 2.33. The maximum atomic E-state index is 5.89. The van der Waals surface area contributed by atoms with Gasteiger partial charge in [0.2, 0.25) is 0 Å². The second-order valence-electron chi connectivity index (χ2n) is 5.30. The average molecular weight is 281 g/mol. The summed E-state index contributed by atoms with van der Waals surface area (Å²) in [6, 6.07) is 12.0. The number of aryl methyl sites for hydroxylation is 1. The van der Waals surface area contributed by atoms with E-state index in [0.29, 0.717) is 6.61 Å². The van der Waals surface area contributed by atoms with Gasteiger partial charge in [-0.1, -0.05) is 18.2 Å². The first-order valence-corrected chi connectivity index (χ1v) is 7.05. The predicted molar refractivity (Wildman–Crippen MR) is 83.3 cm³/mol. The number of imidazole rings is 1. The zero-order valence-electron chi connectivity index (χ0n) is 12.3. The van der Waals surface area contributed by atoms with Crippen LogP contribution in [-0.4, -0.2) is 9.38 Å². The van der Waals surface area contributed by atoms with E-state index in [2.05, 4.69) is 11.1 Å². The van der Waals surface area contributed by atoms with E-state index in [-0.39, 0.29) is 6.04 Å². The van der Waals surface area contributed by atoms with E-state index in [9.17, 15) is 0 Å². The minimum Gasteiger partial charge on any atom is -0.487 e. The van der Waals surface area contributed by atoms with Crippen molar-refractivity contribution in [3.63, 3.8) is 0 Å². The summed E-state index contributed by atoms with van der Waals surface area (Å²) < 4.78 is 7.86. The molecule has 2 heterocycles. The number of nitrogens with two attached hydrogens (primary N) is 1. The van der Waals surface area contributed by atoms with E-state index in [0.717, 1.165) is 28.2 Å². The molecule has 0 spiro atoms. The van der Waals surface area contributed by atoms with Gasteiger partial charge >= 0.3 is 0 Å². The molecule has 0 fully saturated rings. The normalized spacial score (nSPS) is 12.5. The molecule has 0 saturated heterocycles. The lowest BCUT2D eigenvalue weighted by Gasteiger charge is -2.11. The number of hydrogen-bond acceptors (Lipinski definition) is 3. The van der Waals surface area contributed by atoms with Gasteiger partial charge in [0.25, 0.3) is 0 Å². The third-order valence-corrected chi connectivity index (χ3v) is 3.51. The van der Waals surface area contributed by atoms with E-state index < -0.39 is 0 Å². The number of benzene rings is 1. The zero-order chi connectivity index (χ0) is 14.8. The van der Waals surface area contributed by atoms with E-state index in [1.807, 2.05) is 61.0 Å². The van der Waals surface area contributed by atoms with E-state index in [4.69, 9.17) is 10.5 Å². The maximum Gasteiger partial charge on any atom is 0.137 e. The highest BCUT2D eigenvalue weighted by Crippen LogP contribution is 2.22. The van der Waals surface area contributed by atoms with Crippen molar-refractivity contribution in [2.75, 3.05) is 0 Å². The van der Waals surface area contributed by atoms with Crippen LogP contribution < -0.4 is 10.5 Å². The van der Waals surface area contributed by atoms with Crippen molar-refractivity contribution < 1.29 is 4.74 Å². The Balaban J connectivity index is 1.75. The molecule has 0 radical (unpaired) electrons. The summed E-state index contributed by atoms with van der Waals surface area (Å²) >= 11 is 0. The van der Waals surface area contributed by atoms with Crippen LogP contribution in [0.25, 0.3) is 5.65 Å². The minimum absolute atomic E-state index is 0.0381. The molecule has 0 saturated carbocycles. The summed E-state index contributed by atoms with van der Waals surface area (Å²) in [5, 5.41) is 0. The summed E-state index contributed by atoms with van der Waals surface area (Å²) in [4.78, 5) is 4.52. The smallest absolute Gasteiger partial charge is 0.137 e. The van der Waals surface area contributed by atoms with Gasteiger partial charge in [-0.25, -0.2) is 4.98 Å². The van der Waals surface area contributed by atoms with Gasteiger partial charge in [-0.3, -0.25) is 0 Å². The molecule has 1 atom stereocenters. The largest absolute Gasteiger partial charge is 0.487 e. The van der Waals surface area contributed by atoms with E-state index in [1.165, 1.54) is 0 Å². The third-order valence-electron chi connectivity index (χ3n) is 3.51. The molecule has 0 bridgehead atoms. The first kappa shape index (κ1) is 13.6. The van der Waals surface area contributed by atoms with Gasteiger partial charge in [0.05, 0.1) is 5.69 Å². The number of hydrogen-bond donors (Lipinski definition) is 1. The van der Waals surface area contributed by atoms with Crippen LogP contribution in [0.15, 0.2) is 48.8 Å². The van der Waals surface area contributed by atoms with Crippen LogP contribution in [0.4, 0.5) is 0 Å². The van der Waals surface area contributed by atoms with Crippen molar-refractivity contribution in [2.45, 2.75) is 26.5 Å². The van der Waals surface area contributed by atoms with Crippen molar-refractivity contribution in [1.82, 2.24) is 9.38 Å². The number of ether oxygens (including phenoxy) is 1. The Morgan fingerprint density at radius 2 is 2.14 bits per heavy atom. The number of fused-ring (bicyclic) bond motifs is 1. The molecule has 1 aromatic carbocycles. The number of pyridine rings is 1. The average Bonchev–Trinajstić information content (AvgIpc) is 2.88. The molecule has 108 valence electrons. The molecule has 2 aromatic heterocycles. The number of rotatable bonds is 4. The predicted octanol–water partition coefficient (Wildman–Crippen LogP) is 3.24. The Morgan fingerprint density at radius 1 is 1.29 bits per heavy atom. The lowest BCUT2D eigenvalue weighted by Crippen LogP contribution is -2.05. The van der Waals surface area contributed by atoms with Crippen molar-refractivity contribution in [1.29, 1.82) is 0 Å². The van der Waals surface area contributed by atoms with Crippen LogP contribution in [0.3, 0.4) is 0 Å². The van der Waals surface area contributed by atoms with Crippen LogP contribution >= 0.6 is 0 Å². The van der Waals surface area contributed by atoms with Gasteiger partial charge in [0.15, 0.2) is 0 Å². The maximum absolute atomic E-state index is 5.89. The van der Waals surface area contributed by atoms with Crippen molar-refractivity contribution in [2.24, 2.45) is 5.73 Å². The Kier molecular flexibility index (Phi) is 3.62. The van der Waals surface area contributed by atoms with E-state index >= 15 is 0 Å². The standard InChI is InChI=1S/C17H19N3O/c1-12-9-14(13(2)18)6-7-16(12)21-11-15-10-20-8-4-3-5-17(20)19-15/h3-10,13H,11,18H2,1-2H3/t13-/m1/s1. The summed E-state index contributed by atoms with van der Waals surface area (Å²) in [5.74, 6) is 0.872. The van der Waals surface area contributed by atoms with Crippen molar-refractivity contribution >= 4 is 5.65 Å². The monoisotopic (exact) mass is 281 g/mol. The van der Waals surface area contributed by atoms with Gasteiger partial charge in [0.1, 0.15) is 18.0 Å². The Hall–Kier alpha value is -2.33. The molecule has 0 aliphatic heterocycles. The van der Waals surface area contributed by atoms with Crippen molar-refractivity contribution in [3.8, 4) is 5.75 Å². The molecule has 0 unspecified atom stereocenters. The highest BCUT2D eigenvalue weighted by Gasteiger charge is 2.06. The Morgan fingerprint density at radius 3 is 2.86 bits per heavy atom. The molecule has 0 aliphatic rings. The second-order valence-corrected chi connectivity index (χ2v) is 5.30. The SMILES string of the molecule is Cc1cc([C@@H](C)N)ccc1OCc1cn2ccccc2n1. The van der Waals surface area contributed by atoms with Gasteiger partial charge in [0, 0.05) is 18.4 Å². The lowest BCUT2D eigenvalue weighted by molar-refractivity contribution is 0.300. The number of aromatic nitrogens is 2. The molecule has 4 nitrogen and oxygen atoms in total. The Bertz CT molecular complexity index is 729. The van der Waals surface area contributed by atoms with Crippen molar-refractivity contribution in [3.05, 3.63) is 65.6 Å². The first-order chi connectivity index (χ1) is 10.1. The topological polar surface area (TPSA) is 52.5 Å². The van der Waals surface area contributed by atoms with Gasteiger partial charge in [-0.05, 0) is 43.2 Å². The summed E-state index contributed by atoms with van der Waals surface area (Å²) in [6.45, 7) is 4.47. The molecular weight excluding hydrogens is 262 g/mol. The highest BCUT2D eigenvalue weighted by molar-refractivity contribution is 5.40. The summed E-state index contributed by atoms with van der Waals surface area (Å²) in [5.41, 5.74) is 9.94. The van der Waals surface area contributed by atoms with Crippen LogP contribution in [-0.2, 0) is 6.61 Å². The second kappa shape index (κ2) is 5.58. The Labute approximate surface area is 124 Å². The summed E-state index contributed by atoms with van der Waals surface area (Å²) in [6.07, 6.45) is 3.97. The van der Waals surface area contributed by atoms with E-state index in [1.54, 1.807) is 0 Å². The van der Waals surface area contributed by atoms with Crippen LogP contribution in [0.1, 0.15) is 29.8 Å². The third kappa shape index (κ3) is 2.90. The first-order valence-electron chi connectivity index (χ1n) is 7.05. The van der Waals surface area contributed by atoms with Gasteiger partial charge < -0.3 is 14.9 Å². The fourth-order valence-electron chi connectivity index (χ4n) is 2.33. The minimum atomic E-state index is 0.0381. The molecule has 21 heavy (non-hydrogen) atoms. The molecule has 4 heteroatoms. The number of nitrogens with zero attached hydrogens (tertiary/aromatic N) is 2. The zero-order valence-corrected chi connectivity index (χ0v) is 12.3. The molecule has 3 aromatic rings. The molecule has 0 aliphatic carbocycles.